The first-order valence-corrected chi connectivity index (χ1v) is 7.50. The Kier molecular flexibility index (Phi) is 6.28. The van der Waals surface area contributed by atoms with Crippen LogP contribution in [0.5, 0.6) is 0 Å². The van der Waals surface area contributed by atoms with Gasteiger partial charge in [-0.05, 0) is 26.3 Å². The number of carbonyl (C=O) groups excluding carboxylic acids is 1. The van der Waals surface area contributed by atoms with E-state index < -0.39 is 5.54 Å². The van der Waals surface area contributed by atoms with Crippen molar-refractivity contribution in [2.75, 3.05) is 19.4 Å². The van der Waals surface area contributed by atoms with Crippen molar-refractivity contribution in [3.05, 3.63) is 10.5 Å². The Balaban J connectivity index is 2.60. The zero-order valence-corrected chi connectivity index (χ0v) is 13.2. The van der Waals surface area contributed by atoms with Gasteiger partial charge in [0.25, 0.3) is 0 Å². The van der Waals surface area contributed by atoms with Gasteiger partial charge < -0.3 is 10.1 Å². The Bertz CT molecular complexity index is 499. The van der Waals surface area contributed by atoms with E-state index in [0.717, 1.165) is 13.0 Å². The number of esters is 1. The third-order valence-electron chi connectivity index (χ3n) is 3.07. The Morgan fingerprint density at radius 1 is 1.60 bits per heavy atom. The molecule has 1 unspecified atom stereocenters. The largest absolute Gasteiger partial charge is 0.468 e. The van der Waals surface area contributed by atoms with Gasteiger partial charge in [0.2, 0.25) is 0 Å². The maximum Gasteiger partial charge on any atom is 0.343 e. The zero-order chi connectivity index (χ0) is 15.2. The van der Waals surface area contributed by atoms with Crippen LogP contribution in [0.3, 0.4) is 0 Å². The molecule has 0 saturated heterocycles. The lowest BCUT2D eigenvalue weighted by atomic mass is 9.99. The summed E-state index contributed by atoms with van der Waals surface area (Å²) in [5, 5.41) is 10.1. The van der Waals surface area contributed by atoms with Crippen LogP contribution in [0, 0.1) is 0 Å². The lowest BCUT2D eigenvalue weighted by molar-refractivity contribution is -0.148. The summed E-state index contributed by atoms with van der Waals surface area (Å²) in [4.78, 5) is 23.1. The van der Waals surface area contributed by atoms with Crippen LogP contribution in [0.25, 0.3) is 0 Å². The molecule has 0 saturated carbocycles. The van der Waals surface area contributed by atoms with Gasteiger partial charge in [-0.25, -0.2) is 9.89 Å². The first kappa shape index (κ1) is 16.8. The number of rotatable bonds is 8. The molecule has 0 radical (unpaired) electrons. The SMILES string of the molecule is CCCNC(C)(CCSc1n[nH]c(=O)n1C)C(=O)OC. The van der Waals surface area contributed by atoms with E-state index in [0.29, 0.717) is 17.3 Å². The molecular weight excluding hydrogens is 280 g/mol. The van der Waals surface area contributed by atoms with Gasteiger partial charge in [-0.15, -0.1) is 5.10 Å². The standard InChI is InChI=1S/C12H22N4O3S/c1-5-7-13-12(2,9(17)19-4)6-8-20-11-15-14-10(18)16(11)3/h13H,5-8H2,1-4H3,(H,14,18). The summed E-state index contributed by atoms with van der Waals surface area (Å²) in [7, 11) is 3.04. The summed E-state index contributed by atoms with van der Waals surface area (Å²) >= 11 is 1.43. The van der Waals surface area contributed by atoms with Crippen LogP contribution in [0.15, 0.2) is 9.95 Å². The number of hydrogen-bond acceptors (Lipinski definition) is 6. The van der Waals surface area contributed by atoms with Crippen molar-refractivity contribution >= 4 is 17.7 Å². The van der Waals surface area contributed by atoms with Crippen LogP contribution in [0.4, 0.5) is 0 Å². The molecule has 20 heavy (non-hydrogen) atoms. The number of carbonyl (C=O) groups is 1. The molecular formula is C12H22N4O3S. The summed E-state index contributed by atoms with van der Waals surface area (Å²) < 4.78 is 6.30. The minimum atomic E-state index is -0.715. The number of H-pyrrole nitrogens is 1. The lowest BCUT2D eigenvalue weighted by Gasteiger charge is -2.27. The molecule has 1 aromatic rings. The summed E-state index contributed by atoms with van der Waals surface area (Å²) in [5.41, 5.74) is -0.959. The van der Waals surface area contributed by atoms with Gasteiger partial charge in [0, 0.05) is 12.8 Å². The molecule has 0 aromatic carbocycles. The van der Waals surface area contributed by atoms with Gasteiger partial charge in [0.1, 0.15) is 5.54 Å². The van der Waals surface area contributed by atoms with Crippen molar-refractivity contribution in [3.8, 4) is 0 Å². The third kappa shape index (κ3) is 4.11. The van der Waals surface area contributed by atoms with Crippen molar-refractivity contribution in [3.63, 3.8) is 0 Å². The number of hydrogen-bond donors (Lipinski definition) is 2. The van der Waals surface area contributed by atoms with Crippen molar-refractivity contribution in [2.24, 2.45) is 7.05 Å². The van der Waals surface area contributed by atoms with Gasteiger partial charge in [-0.2, -0.15) is 0 Å². The number of thioether (sulfide) groups is 1. The fourth-order valence-corrected chi connectivity index (χ4v) is 2.78. The molecule has 1 atom stereocenters. The van der Waals surface area contributed by atoms with Gasteiger partial charge in [-0.3, -0.25) is 9.36 Å². The minimum Gasteiger partial charge on any atom is -0.468 e. The van der Waals surface area contributed by atoms with Crippen molar-refractivity contribution < 1.29 is 9.53 Å². The van der Waals surface area contributed by atoms with E-state index in [1.165, 1.54) is 23.4 Å². The Labute approximate surface area is 122 Å². The topological polar surface area (TPSA) is 89.0 Å². The first-order chi connectivity index (χ1) is 9.44. The molecule has 0 spiro atoms. The van der Waals surface area contributed by atoms with E-state index in [2.05, 4.69) is 15.5 Å². The second kappa shape index (κ2) is 7.49. The van der Waals surface area contributed by atoms with Crippen LogP contribution in [0.2, 0.25) is 0 Å². The average Bonchev–Trinajstić information content (AvgIpc) is 2.76. The maximum absolute atomic E-state index is 11.9. The molecule has 0 fully saturated rings. The van der Waals surface area contributed by atoms with E-state index in [9.17, 15) is 9.59 Å². The molecule has 2 N–H and O–H groups in total. The van der Waals surface area contributed by atoms with E-state index >= 15 is 0 Å². The molecule has 0 bridgehead atoms. The molecule has 8 heteroatoms. The maximum atomic E-state index is 11.9. The number of nitrogens with one attached hydrogen (secondary N) is 2. The minimum absolute atomic E-state index is 0.243. The molecule has 114 valence electrons. The van der Waals surface area contributed by atoms with E-state index in [1.54, 1.807) is 7.05 Å². The highest BCUT2D eigenvalue weighted by Crippen LogP contribution is 2.20. The fraction of sp³-hybridized carbons (Fsp3) is 0.750. The molecule has 0 aliphatic heterocycles. The van der Waals surface area contributed by atoms with E-state index in [4.69, 9.17) is 4.74 Å². The fourth-order valence-electron chi connectivity index (χ4n) is 1.70. The predicted octanol–water partition coefficient (Wildman–Crippen LogP) is 0.522. The smallest absolute Gasteiger partial charge is 0.343 e. The summed E-state index contributed by atoms with van der Waals surface area (Å²) in [6.07, 6.45) is 1.53. The zero-order valence-electron chi connectivity index (χ0n) is 12.4. The normalized spacial score (nSPS) is 14.0. The van der Waals surface area contributed by atoms with E-state index in [-0.39, 0.29) is 11.7 Å². The van der Waals surface area contributed by atoms with Gasteiger partial charge >= 0.3 is 11.7 Å². The average molecular weight is 302 g/mol. The monoisotopic (exact) mass is 302 g/mol. The van der Waals surface area contributed by atoms with Crippen molar-refractivity contribution in [1.82, 2.24) is 20.1 Å². The highest BCUT2D eigenvalue weighted by atomic mass is 32.2. The number of nitrogens with zero attached hydrogens (tertiary/aromatic N) is 2. The molecule has 0 aliphatic rings. The van der Waals surface area contributed by atoms with Crippen LogP contribution in [0.1, 0.15) is 26.7 Å². The Morgan fingerprint density at radius 3 is 2.80 bits per heavy atom. The van der Waals surface area contributed by atoms with Gasteiger partial charge in [0.05, 0.1) is 7.11 Å². The highest BCUT2D eigenvalue weighted by molar-refractivity contribution is 7.99. The van der Waals surface area contributed by atoms with Crippen LogP contribution < -0.4 is 11.0 Å². The summed E-state index contributed by atoms with van der Waals surface area (Å²) in [6, 6.07) is 0. The summed E-state index contributed by atoms with van der Waals surface area (Å²) in [5.74, 6) is 0.378. The Morgan fingerprint density at radius 2 is 2.30 bits per heavy atom. The number of aromatic nitrogens is 3. The van der Waals surface area contributed by atoms with Crippen LogP contribution in [-0.4, -0.2) is 45.7 Å². The van der Waals surface area contributed by atoms with E-state index in [1.807, 2.05) is 13.8 Å². The van der Waals surface area contributed by atoms with Crippen molar-refractivity contribution in [2.45, 2.75) is 37.4 Å². The molecule has 1 heterocycles. The Hall–Kier alpha value is -1.28. The number of methoxy groups -OCH3 is 1. The van der Waals surface area contributed by atoms with Crippen LogP contribution >= 0.6 is 11.8 Å². The quantitative estimate of drug-likeness (QED) is 0.537. The number of aromatic amines is 1. The van der Waals surface area contributed by atoms with Crippen molar-refractivity contribution in [1.29, 1.82) is 0 Å². The molecule has 1 aromatic heterocycles. The predicted molar refractivity (Wildman–Crippen MR) is 77.9 cm³/mol. The molecule has 0 amide bonds. The third-order valence-corrected chi connectivity index (χ3v) is 4.10. The second-order valence-electron chi connectivity index (χ2n) is 4.72. The highest BCUT2D eigenvalue weighted by Gasteiger charge is 2.33. The molecule has 0 aliphatic carbocycles. The van der Waals surface area contributed by atoms with Gasteiger partial charge in [0.15, 0.2) is 5.16 Å². The molecule has 1 rings (SSSR count). The summed E-state index contributed by atoms with van der Waals surface area (Å²) in [6.45, 7) is 4.62. The van der Waals surface area contributed by atoms with Gasteiger partial charge in [-0.1, -0.05) is 18.7 Å². The molecule has 7 nitrogen and oxygen atoms in total. The first-order valence-electron chi connectivity index (χ1n) is 6.52. The van der Waals surface area contributed by atoms with Crippen LogP contribution in [-0.2, 0) is 16.6 Å². The number of ether oxygens (including phenoxy) is 1. The second-order valence-corrected chi connectivity index (χ2v) is 5.78. The lowest BCUT2D eigenvalue weighted by Crippen LogP contribution is -2.50.